The van der Waals surface area contributed by atoms with Crippen molar-refractivity contribution < 1.29 is 9.59 Å². The summed E-state index contributed by atoms with van der Waals surface area (Å²) in [5.41, 5.74) is 0.464. The SMILES string of the molecule is CCC(C)NC(=O)c1cc(Cl)c(Cl)cc1C(=O)NC(C)CC. The molecule has 0 saturated carbocycles. The molecule has 0 radical (unpaired) electrons. The summed E-state index contributed by atoms with van der Waals surface area (Å²) >= 11 is 12.0. The molecule has 0 fully saturated rings. The molecule has 6 heteroatoms. The molecule has 0 saturated heterocycles. The van der Waals surface area contributed by atoms with Crippen LogP contribution in [-0.4, -0.2) is 23.9 Å². The predicted molar refractivity (Wildman–Crippen MR) is 90.9 cm³/mol. The van der Waals surface area contributed by atoms with Gasteiger partial charge in [0.1, 0.15) is 0 Å². The quantitative estimate of drug-likeness (QED) is 0.817. The number of halogens is 2. The van der Waals surface area contributed by atoms with Crippen LogP contribution in [0.3, 0.4) is 0 Å². The van der Waals surface area contributed by atoms with Crippen LogP contribution < -0.4 is 10.6 Å². The van der Waals surface area contributed by atoms with Crippen LogP contribution in [0.4, 0.5) is 0 Å². The molecule has 0 aromatic heterocycles. The number of amides is 2. The molecule has 0 bridgehead atoms. The molecule has 2 amide bonds. The zero-order valence-corrected chi connectivity index (χ0v) is 14.8. The van der Waals surface area contributed by atoms with E-state index in [0.717, 1.165) is 12.8 Å². The van der Waals surface area contributed by atoms with Gasteiger partial charge in [-0.25, -0.2) is 0 Å². The van der Waals surface area contributed by atoms with Gasteiger partial charge in [-0.15, -0.1) is 0 Å². The number of carbonyl (C=O) groups excluding carboxylic acids is 2. The summed E-state index contributed by atoms with van der Waals surface area (Å²) in [5, 5.41) is 6.16. The molecule has 22 heavy (non-hydrogen) atoms. The number of rotatable bonds is 6. The molecular weight excluding hydrogens is 323 g/mol. The molecule has 2 N–H and O–H groups in total. The number of nitrogens with one attached hydrogen (secondary N) is 2. The molecule has 0 aliphatic heterocycles. The van der Waals surface area contributed by atoms with Crippen LogP contribution in [0, 0.1) is 0 Å². The number of carbonyl (C=O) groups is 2. The van der Waals surface area contributed by atoms with Crippen molar-refractivity contribution >= 4 is 35.0 Å². The second-order valence-corrected chi connectivity index (χ2v) is 6.19. The lowest BCUT2D eigenvalue weighted by molar-refractivity contribution is 0.0904. The van der Waals surface area contributed by atoms with Crippen molar-refractivity contribution in [3.05, 3.63) is 33.3 Å². The van der Waals surface area contributed by atoms with Gasteiger partial charge >= 0.3 is 0 Å². The van der Waals surface area contributed by atoms with Crippen LogP contribution in [0.2, 0.25) is 10.0 Å². The molecule has 4 nitrogen and oxygen atoms in total. The van der Waals surface area contributed by atoms with Crippen LogP contribution in [0.15, 0.2) is 12.1 Å². The molecule has 0 spiro atoms. The molecule has 0 aliphatic rings. The Morgan fingerprint density at radius 1 is 0.909 bits per heavy atom. The fraction of sp³-hybridized carbons (Fsp3) is 0.500. The lowest BCUT2D eigenvalue weighted by Crippen LogP contribution is -2.36. The van der Waals surface area contributed by atoms with E-state index >= 15 is 0 Å². The van der Waals surface area contributed by atoms with E-state index in [1.165, 1.54) is 12.1 Å². The fourth-order valence-electron chi connectivity index (χ4n) is 1.73. The average molecular weight is 345 g/mol. The van der Waals surface area contributed by atoms with E-state index in [0.29, 0.717) is 0 Å². The third kappa shape index (κ3) is 4.89. The number of hydrogen-bond donors (Lipinski definition) is 2. The Hall–Kier alpha value is -1.26. The van der Waals surface area contributed by atoms with Gasteiger partial charge in [0.15, 0.2) is 0 Å². The minimum absolute atomic E-state index is 0.00688. The van der Waals surface area contributed by atoms with Crippen molar-refractivity contribution in [2.24, 2.45) is 0 Å². The van der Waals surface area contributed by atoms with Gasteiger partial charge in [-0.1, -0.05) is 37.0 Å². The maximum absolute atomic E-state index is 12.4. The second kappa shape index (κ2) is 8.39. The lowest BCUT2D eigenvalue weighted by Gasteiger charge is -2.17. The number of hydrogen-bond acceptors (Lipinski definition) is 2. The van der Waals surface area contributed by atoms with Crippen LogP contribution in [0.25, 0.3) is 0 Å². The summed E-state index contributed by atoms with van der Waals surface area (Å²) in [4.78, 5) is 24.7. The van der Waals surface area contributed by atoms with Crippen LogP contribution in [0.5, 0.6) is 0 Å². The molecule has 0 aliphatic carbocycles. The first-order valence-electron chi connectivity index (χ1n) is 7.40. The lowest BCUT2D eigenvalue weighted by atomic mass is 10.0. The van der Waals surface area contributed by atoms with E-state index in [2.05, 4.69) is 10.6 Å². The molecule has 1 aromatic rings. The van der Waals surface area contributed by atoms with Crippen molar-refractivity contribution in [1.82, 2.24) is 10.6 Å². The Kier molecular flexibility index (Phi) is 7.17. The Balaban J connectivity index is 3.17. The van der Waals surface area contributed by atoms with Gasteiger partial charge in [-0.05, 0) is 38.8 Å². The van der Waals surface area contributed by atoms with E-state index in [1.54, 1.807) is 0 Å². The van der Waals surface area contributed by atoms with Crippen LogP contribution in [-0.2, 0) is 0 Å². The van der Waals surface area contributed by atoms with Crippen LogP contribution >= 0.6 is 23.2 Å². The van der Waals surface area contributed by atoms with Crippen molar-refractivity contribution in [3.8, 4) is 0 Å². The summed E-state index contributed by atoms with van der Waals surface area (Å²) in [6.45, 7) is 7.73. The van der Waals surface area contributed by atoms with E-state index in [4.69, 9.17) is 23.2 Å². The topological polar surface area (TPSA) is 58.2 Å². The van der Waals surface area contributed by atoms with Crippen molar-refractivity contribution in [3.63, 3.8) is 0 Å². The van der Waals surface area contributed by atoms with Gasteiger partial charge in [0, 0.05) is 12.1 Å². The highest BCUT2D eigenvalue weighted by atomic mass is 35.5. The average Bonchev–Trinajstić information content (AvgIpc) is 2.48. The minimum atomic E-state index is -0.331. The molecular formula is C16H22Cl2N2O2. The third-order valence-corrected chi connectivity index (χ3v) is 4.25. The van der Waals surface area contributed by atoms with Gasteiger partial charge in [-0.3, -0.25) is 9.59 Å². The normalized spacial score (nSPS) is 13.4. The fourth-order valence-corrected chi connectivity index (χ4v) is 2.06. The van der Waals surface area contributed by atoms with Gasteiger partial charge in [0.2, 0.25) is 0 Å². The van der Waals surface area contributed by atoms with Gasteiger partial charge in [-0.2, -0.15) is 0 Å². The maximum atomic E-state index is 12.4. The smallest absolute Gasteiger partial charge is 0.252 e. The molecule has 1 rings (SSSR count). The van der Waals surface area contributed by atoms with Gasteiger partial charge < -0.3 is 10.6 Å². The van der Waals surface area contributed by atoms with E-state index in [-0.39, 0.29) is 45.1 Å². The second-order valence-electron chi connectivity index (χ2n) is 5.38. The monoisotopic (exact) mass is 344 g/mol. The molecule has 0 heterocycles. The summed E-state index contributed by atoms with van der Waals surface area (Å²) in [7, 11) is 0. The first-order chi connectivity index (χ1) is 10.3. The highest BCUT2D eigenvalue weighted by Gasteiger charge is 2.21. The minimum Gasteiger partial charge on any atom is -0.350 e. The molecule has 122 valence electrons. The van der Waals surface area contributed by atoms with Crippen LogP contribution in [0.1, 0.15) is 61.3 Å². The van der Waals surface area contributed by atoms with Gasteiger partial charge in [0.05, 0.1) is 21.2 Å². The Labute approximate surface area is 141 Å². The van der Waals surface area contributed by atoms with Crippen molar-refractivity contribution in [2.75, 3.05) is 0 Å². The number of benzene rings is 1. The Bertz CT molecular complexity index is 512. The molecule has 1 aromatic carbocycles. The Morgan fingerprint density at radius 2 is 1.23 bits per heavy atom. The zero-order chi connectivity index (χ0) is 16.9. The summed E-state index contributed by atoms with van der Waals surface area (Å²) in [6.07, 6.45) is 1.59. The highest BCUT2D eigenvalue weighted by Crippen LogP contribution is 2.26. The van der Waals surface area contributed by atoms with Gasteiger partial charge in [0.25, 0.3) is 11.8 Å². The summed E-state index contributed by atoms with van der Waals surface area (Å²) < 4.78 is 0. The van der Waals surface area contributed by atoms with E-state index < -0.39 is 0 Å². The van der Waals surface area contributed by atoms with Crippen molar-refractivity contribution in [1.29, 1.82) is 0 Å². The first kappa shape index (κ1) is 18.8. The molecule has 2 atom stereocenters. The zero-order valence-electron chi connectivity index (χ0n) is 13.3. The predicted octanol–water partition coefficient (Wildman–Crippen LogP) is 4.05. The van der Waals surface area contributed by atoms with E-state index in [9.17, 15) is 9.59 Å². The standard InChI is InChI=1S/C16H22Cl2N2O2/c1-5-9(3)19-15(21)11-7-13(17)14(18)8-12(11)16(22)20-10(4)6-2/h7-10H,5-6H2,1-4H3,(H,19,21)(H,20,22). The first-order valence-corrected chi connectivity index (χ1v) is 8.16. The summed E-state index contributed by atoms with van der Waals surface area (Å²) in [5.74, 6) is -0.663. The summed E-state index contributed by atoms with van der Waals surface area (Å²) in [6, 6.07) is 2.89. The third-order valence-electron chi connectivity index (χ3n) is 3.53. The maximum Gasteiger partial charge on any atom is 0.252 e. The highest BCUT2D eigenvalue weighted by molar-refractivity contribution is 6.42. The van der Waals surface area contributed by atoms with E-state index in [1.807, 2.05) is 27.7 Å². The largest absolute Gasteiger partial charge is 0.350 e. The van der Waals surface area contributed by atoms with Crippen molar-refractivity contribution in [2.45, 2.75) is 52.6 Å². The Morgan fingerprint density at radius 3 is 1.50 bits per heavy atom. The molecule has 2 unspecified atom stereocenters.